The van der Waals surface area contributed by atoms with Crippen molar-refractivity contribution in [2.24, 2.45) is 5.92 Å². The molecule has 0 unspecified atom stereocenters. The Bertz CT molecular complexity index is 678. The van der Waals surface area contributed by atoms with Crippen LogP contribution < -0.4 is 10.6 Å². The summed E-state index contributed by atoms with van der Waals surface area (Å²) < 4.78 is 4.89. The maximum absolute atomic E-state index is 12.5. The Balaban J connectivity index is 1.78. The molecule has 2 fully saturated rings. The first-order valence-electron chi connectivity index (χ1n) is 9.15. The van der Waals surface area contributed by atoms with Crippen LogP contribution in [0.5, 0.6) is 0 Å². The lowest BCUT2D eigenvalue weighted by Crippen LogP contribution is -2.50. The third-order valence-corrected chi connectivity index (χ3v) is 5.39. The third-order valence-electron chi connectivity index (χ3n) is 5.39. The molecule has 0 aromatic carbocycles. The molecule has 1 aliphatic heterocycles. The van der Waals surface area contributed by atoms with Gasteiger partial charge in [-0.1, -0.05) is 26.7 Å². The highest BCUT2D eigenvalue weighted by Gasteiger charge is 2.52. The minimum absolute atomic E-state index is 0.0885. The molecule has 9 heteroatoms. The van der Waals surface area contributed by atoms with Gasteiger partial charge in [0.25, 0.3) is 11.8 Å². The minimum Gasteiger partial charge on any atom is -0.456 e. The van der Waals surface area contributed by atoms with Gasteiger partial charge in [0.2, 0.25) is 0 Å². The Morgan fingerprint density at radius 3 is 2.56 bits per heavy atom. The lowest BCUT2D eigenvalue weighted by molar-refractivity contribution is -0.149. The first-order valence-corrected chi connectivity index (χ1v) is 9.15. The van der Waals surface area contributed by atoms with Gasteiger partial charge in [0.05, 0.1) is 12.5 Å². The molecule has 9 nitrogen and oxygen atoms in total. The number of hydrogen-bond acceptors (Lipinski definition) is 6. The molecule has 0 aromatic heterocycles. The molecule has 1 saturated heterocycles. The Morgan fingerprint density at radius 2 is 2.00 bits per heavy atom. The third kappa shape index (κ3) is 4.38. The minimum atomic E-state index is -1.06. The molecule has 148 valence electrons. The molecular weight excluding hydrogens is 352 g/mol. The number of nitriles is 1. The van der Waals surface area contributed by atoms with E-state index in [1.807, 2.05) is 6.07 Å². The van der Waals surface area contributed by atoms with Crippen molar-refractivity contribution in [3.63, 3.8) is 0 Å². The molecule has 27 heavy (non-hydrogen) atoms. The first kappa shape index (κ1) is 20.7. The van der Waals surface area contributed by atoms with Crippen molar-refractivity contribution in [3.8, 4) is 6.07 Å². The predicted molar refractivity (Wildman–Crippen MR) is 94.0 cm³/mol. The smallest absolute Gasteiger partial charge is 0.325 e. The number of carbonyl (C=O) groups excluding carboxylic acids is 4. The monoisotopic (exact) mass is 378 g/mol. The van der Waals surface area contributed by atoms with Gasteiger partial charge in [0, 0.05) is 6.54 Å². The van der Waals surface area contributed by atoms with E-state index in [-0.39, 0.29) is 24.8 Å². The number of ether oxygens (including phenoxy) is 1. The van der Waals surface area contributed by atoms with Gasteiger partial charge >= 0.3 is 12.0 Å². The van der Waals surface area contributed by atoms with Crippen LogP contribution in [-0.2, 0) is 19.1 Å². The normalized spacial score (nSPS) is 20.3. The summed E-state index contributed by atoms with van der Waals surface area (Å²) >= 11 is 0. The number of nitrogens with one attached hydrogen (secondary N) is 2. The van der Waals surface area contributed by atoms with Crippen LogP contribution in [0.25, 0.3) is 0 Å². The summed E-state index contributed by atoms with van der Waals surface area (Å²) in [6.45, 7) is 4.57. The van der Waals surface area contributed by atoms with Crippen LogP contribution in [-0.4, -0.2) is 52.9 Å². The molecule has 1 spiro atoms. The van der Waals surface area contributed by atoms with Crippen molar-refractivity contribution in [3.05, 3.63) is 0 Å². The summed E-state index contributed by atoms with van der Waals surface area (Å²) in [5.41, 5.74) is -1.86. The zero-order chi connectivity index (χ0) is 20.2. The summed E-state index contributed by atoms with van der Waals surface area (Å²) in [7, 11) is 0. The van der Waals surface area contributed by atoms with E-state index < -0.39 is 35.6 Å². The Morgan fingerprint density at radius 1 is 1.37 bits per heavy atom. The average molecular weight is 378 g/mol. The zero-order valence-electron chi connectivity index (χ0n) is 16.0. The van der Waals surface area contributed by atoms with E-state index in [1.165, 1.54) is 0 Å². The highest BCUT2D eigenvalue weighted by molar-refractivity contribution is 6.07. The number of imide groups is 1. The van der Waals surface area contributed by atoms with E-state index in [9.17, 15) is 24.4 Å². The van der Waals surface area contributed by atoms with Gasteiger partial charge in [-0.2, -0.15) is 5.26 Å². The van der Waals surface area contributed by atoms with Gasteiger partial charge in [-0.05, 0) is 25.7 Å². The second-order valence-corrected chi connectivity index (χ2v) is 7.60. The number of amides is 4. The van der Waals surface area contributed by atoms with Crippen LogP contribution in [0.1, 0.15) is 52.9 Å². The van der Waals surface area contributed by atoms with Crippen molar-refractivity contribution in [1.29, 1.82) is 5.26 Å². The maximum Gasteiger partial charge on any atom is 0.325 e. The highest BCUT2D eigenvalue weighted by Crippen LogP contribution is 2.35. The summed E-state index contributed by atoms with van der Waals surface area (Å²) in [5.74, 6) is -1.69. The molecule has 0 bridgehead atoms. The van der Waals surface area contributed by atoms with Crippen LogP contribution in [0.2, 0.25) is 0 Å². The number of carbonyl (C=O) groups is 4. The van der Waals surface area contributed by atoms with Gasteiger partial charge in [0.1, 0.15) is 11.1 Å². The Hall–Kier alpha value is -2.63. The fourth-order valence-electron chi connectivity index (χ4n) is 3.25. The van der Waals surface area contributed by atoms with Crippen molar-refractivity contribution in [1.82, 2.24) is 15.5 Å². The van der Waals surface area contributed by atoms with Crippen LogP contribution in [0, 0.1) is 17.2 Å². The SMILES string of the molecule is CC(C)[C@](C)(C#N)NC(=O)COC(=O)CCN1C(=O)NC2(CCCC2)C1=O. The van der Waals surface area contributed by atoms with E-state index in [1.54, 1.807) is 20.8 Å². The van der Waals surface area contributed by atoms with Gasteiger partial charge in [-0.3, -0.25) is 19.3 Å². The number of nitrogens with zero attached hydrogens (tertiary/aromatic N) is 2. The van der Waals surface area contributed by atoms with Crippen molar-refractivity contribution >= 4 is 23.8 Å². The molecule has 1 atom stereocenters. The van der Waals surface area contributed by atoms with Crippen LogP contribution in [0.15, 0.2) is 0 Å². The van der Waals surface area contributed by atoms with Crippen molar-refractivity contribution in [2.75, 3.05) is 13.2 Å². The molecule has 1 saturated carbocycles. The van der Waals surface area contributed by atoms with Crippen LogP contribution in [0.4, 0.5) is 4.79 Å². The Kier molecular flexibility index (Phi) is 6.08. The van der Waals surface area contributed by atoms with E-state index in [0.717, 1.165) is 17.7 Å². The molecule has 2 rings (SSSR count). The largest absolute Gasteiger partial charge is 0.456 e. The fourth-order valence-corrected chi connectivity index (χ4v) is 3.25. The van der Waals surface area contributed by atoms with Gasteiger partial charge in [0.15, 0.2) is 6.61 Å². The van der Waals surface area contributed by atoms with E-state index in [2.05, 4.69) is 10.6 Å². The molecular formula is C18H26N4O5. The lowest BCUT2D eigenvalue weighted by Gasteiger charge is -2.27. The van der Waals surface area contributed by atoms with Gasteiger partial charge in [-0.15, -0.1) is 0 Å². The summed E-state index contributed by atoms with van der Waals surface area (Å²) in [5, 5.41) is 14.4. The molecule has 2 N–H and O–H groups in total. The van der Waals surface area contributed by atoms with Crippen molar-refractivity contribution < 1.29 is 23.9 Å². The molecule has 0 radical (unpaired) electrons. The standard InChI is InChI=1S/C18H26N4O5/c1-12(2)17(3,11-19)20-13(23)10-27-14(24)6-9-22-15(25)18(21-16(22)26)7-4-5-8-18/h12H,4-10H2,1-3H3,(H,20,23)(H,21,26)/t17-/m0/s1. The highest BCUT2D eigenvalue weighted by atomic mass is 16.5. The summed E-state index contributed by atoms with van der Waals surface area (Å²) in [6, 6.07) is 1.54. The van der Waals surface area contributed by atoms with Crippen LogP contribution >= 0.6 is 0 Å². The molecule has 2 aliphatic rings. The Labute approximate surface area is 158 Å². The molecule has 1 aliphatic carbocycles. The van der Waals surface area contributed by atoms with E-state index in [4.69, 9.17) is 4.74 Å². The second-order valence-electron chi connectivity index (χ2n) is 7.60. The van der Waals surface area contributed by atoms with Gasteiger partial charge in [-0.25, -0.2) is 4.79 Å². The zero-order valence-corrected chi connectivity index (χ0v) is 16.0. The topological polar surface area (TPSA) is 129 Å². The number of hydrogen-bond donors (Lipinski definition) is 2. The maximum atomic E-state index is 12.5. The number of urea groups is 1. The number of rotatable bonds is 7. The lowest BCUT2D eigenvalue weighted by atomic mass is 9.90. The second kappa shape index (κ2) is 7.94. The predicted octanol–water partition coefficient (Wildman–Crippen LogP) is 0.839. The van der Waals surface area contributed by atoms with E-state index in [0.29, 0.717) is 12.8 Å². The molecule has 4 amide bonds. The quantitative estimate of drug-likeness (QED) is 0.499. The molecule has 0 aromatic rings. The number of esters is 1. The van der Waals surface area contributed by atoms with Crippen molar-refractivity contribution in [2.45, 2.75) is 64.0 Å². The molecule has 1 heterocycles. The summed E-state index contributed by atoms with van der Waals surface area (Å²) in [6.07, 6.45) is 2.81. The first-order chi connectivity index (χ1) is 12.6. The van der Waals surface area contributed by atoms with Crippen LogP contribution in [0.3, 0.4) is 0 Å². The average Bonchev–Trinajstić information content (AvgIpc) is 3.17. The van der Waals surface area contributed by atoms with Gasteiger partial charge < -0.3 is 15.4 Å². The summed E-state index contributed by atoms with van der Waals surface area (Å²) in [4.78, 5) is 49.3. The fraction of sp³-hybridized carbons (Fsp3) is 0.722. The van der Waals surface area contributed by atoms with E-state index >= 15 is 0 Å².